The van der Waals surface area contributed by atoms with Crippen LogP contribution in [0.15, 0.2) is 16.5 Å². The normalized spacial score (nSPS) is 19.0. The maximum absolute atomic E-state index is 5.84. The van der Waals surface area contributed by atoms with Crippen molar-refractivity contribution in [2.45, 2.75) is 19.5 Å². The molecule has 0 radical (unpaired) electrons. The molecule has 0 unspecified atom stereocenters. The summed E-state index contributed by atoms with van der Waals surface area (Å²) in [6.07, 6.45) is 0. The summed E-state index contributed by atoms with van der Waals surface area (Å²) in [4.78, 5) is 17.1. The van der Waals surface area contributed by atoms with E-state index in [1.165, 1.54) is 0 Å². The first-order chi connectivity index (χ1) is 11.0. The van der Waals surface area contributed by atoms with Crippen LogP contribution in [0.2, 0.25) is 0 Å². The first kappa shape index (κ1) is 16.1. The van der Waals surface area contributed by atoms with Crippen molar-refractivity contribution < 1.29 is 4.42 Å². The van der Waals surface area contributed by atoms with Crippen molar-refractivity contribution in [2.24, 2.45) is 0 Å². The number of aryl methyl sites for hydroxylation is 1. The van der Waals surface area contributed by atoms with E-state index in [2.05, 4.69) is 25.9 Å². The average molecular weight is 334 g/mol. The van der Waals surface area contributed by atoms with Gasteiger partial charge in [-0.25, -0.2) is 0 Å². The summed E-state index contributed by atoms with van der Waals surface area (Å²) < 4.78 is 5.84. The van der Waals surface area contributed by atoms with Gasteiger partial charge in [0.15, 0.2) is 0 Å². The second-order valence-corrected chi connectivity index (χ2v) is 6.96. The van der Waals surface area contributed by atoms with Gasteiger partial charge in [0.05, 0.1) is 12.6 Å². The molecule has 0 spiro atoms. The molecule has 2 N–H and O–H groups in total. The van der Waals surface area contributed by atoms with E-state index in [1.807, 2.05) is 43.7 Å². The van der Waals surface area contributed by atoms with E-state index >= 15 is 0 Å². The molecular weight excluding hydrogens is 312 g/mol. The van der Waals surface area contributed by atoms with Crippen molar-refractivity contribution in [3.05, 3.63) is 29.5 Å². The van der Waals surface area contributed by atoms with Crippen LogP contribution in [0.3, 0.4) is 0 Å². The highest BCUT2D eigenvalue weighted by atomic mass is 32.2. The maximum atomic E-state index is 5.84. The van der Waals surface area contributed by atoms with Crippen LogP contribution in [0.4, 0.5) is 11.9 Å². The van der Waals surface area contributed by atoms with Crippen LogP contribution in [-0.2, 0) is 6.54 Å². The van der Waals surface area contributed by atoms with Crippen molar-refractivity contribution in [1.82, 2.24) is 19.9 Å². The number of thioether (sulfide) groups is 1. The third-order valence-electron chi connectivity index (χ3n) is 3.76. The zero-order valence-corrected chi connectivity index (χ0v) is 14.5. The highest BCUT2D eigenvalue weighted by Crippen LogP contribution is 2.31. The molecule has 0 aliphatic carbocycles. The highest BCUT2D eigenvalue weighted by molar-refractivity contribution is 7.99. The van der Waals surface area contributed by atoms with Gasteiger partial charge in [0.1, 0.15) is 17.3 Å². The summed E-state index contributed by atoms with van der Waals surface area (Å²) in [6, 6.07) is 4.31. The maximum Gasteiger partial charge on any atom is 0.229 e. The van der Waals surface area contributed by atoms with E-state index in [-0.39, 0.29) is 12.0 Å². The number of aromatic nitrogens is 3. The predicted octanol–water partition coefficient (Wildman–Crippen LogP) is 1.71. The van der Waals surface area contributed by atoms with E-state index in [1.54, 1.807) is 0 Å². The number of rotatable bonds is 4. The minimum absolute atomic E-state index is 0.239. The standard InChI is InChI=1S/C15H22N6OS/c1-10-4-5-12(22-10)11-9-23-7-6-21(11)8-13-17-14(16)19-15(18-13)20(2)3/h4-5,11H,6-9H2,1-3H3,(H2,16,17,18,19)/t11-/m1/s1. The summed E-state index contributed by atoms with van der Waals surface area (Å²) >= 11 is 1.94. The SMILES string of the molecule is Cc1ccc([C@H]2CSCCN2Cc2nc(N)nc(N(C)C)n2)o1. The predicted molar refractivity (Wildman–Crippen MR) is 92.5 cm³/mol. The van der Waals surface area contributed by atoms with Crippen molar-refractivity contribution in [3.63, 3.8) is 0 Å². The van der Waals surface area contributed by atoms with Crippen LogP contribution in [0, 0.1) is 6.92 Å². The average Bonchev–Trinajstić information content (AvgIpc) is 2.93. The lowest BCUT2D eigenvalue weighted by Crippen LogP contribution is -2.36. The van der Waals surface area contributed by atoms with Crippen LogP contribution in [0.25, 0.3) is 0 Å². The van der Waals surface area contributed by atoms with Gasteiger partial charge < -0.3 is 15.1 Å². The Hall–Kier alpha value is -1.80. The molecule has 0 amide bonds. The minimum Gasteiger partial charge on any atom is -0.465 e. The van der Waals surface area contributed by atoms with Crippen molar-refractivity contribution in [2.75, 3.05) is 42.8 Å². The molecule has 1 aliphatic heterocycles. The second-order valence-electron chi connectivity index (χ2n) is 5.81. The Kier molecular flexibility index (Phi) is 4.72. The molecule has 0 aromatic carbocycles. The van der Waals surface area contributed by atoms with Crippen molar-refractivity contribution >= 4 is 23.7 Å². The highest BCUT2D eigenvalue weighted by Gasteiger charge is 2.27. The number of nitrogen functional groups attached to an aromatic ring is 1. The molecule has 3 heterocycles. The molecule has 0 saturated carbocycles. The molecule has 2 aromatic heterocycles. The lowest BCUT2D eigenvalue weighted by molar-refractivity contribution is 0.183. The van der Waals surface area contributed by atoms with Gasteiger partial charge in [-0.15, -0.1) is 0 Å². The second kappa shape index (κ2) is 6.76. The molecule has 1 fully saturated rings. The van der Waals surface area contributed by atoms with Crippen LogP contribution in [0.5, 0.6) is 0 Å². The van der Waals surface area contributed by atoms with E-state index in [4.69, 9.17) is 10.2 Å². The molecule has 0 bridgehead atoms. The Labute approximate surface area is 140 Å². The molecule has 1 atom stereocenters. The minimum atomic E-state index is 0.239. The fourth-order valence-electron chi connectivity index (χ4n) is 2.60. The fraction of sp³-hybridized carbons (Fsp3) is 0.533. The summed E-state index contributed by atoms with van der Waals surface area (Å²) in [5, 5.41) is 0. The van der Waals surface area contributed by atoms with Gasteiger partial charge in [-0.3, -0.25) is 4.90 Å². The Balaban J connectivity index is 1.82. The molecule has 8 heteroatoms. The number of hydrogen-bond acceptors (Lipinski definition) is 8. The number of anilines is 2. The van der Waals surface area contributed by atoms with E-state index in [0.717, 1.165) is 29.6 Å². The first-order valence-corrected chi connectivity index (χ1v) is 8.74. The quantitative estimate of drug-likeness (QED) is 0.904. The largest absolute Gasteiger partial charge is 0.465 e. The zero-order chi connectivity index (χ0) is 16.4. The van der Waals surface area contributed by atoms with Gasteiger partial charge >= 0.3 is 0 Å². The third-order valence-corrected chi connectivity index (χ3v) is 4.78. The first-order valence-electron chi connectivity index (χ1n) is 7.59. The molecule has 124 valence electrons. The third kappa shape index (κ3) is 3.76. The van der Waals surface area contributed by atoms with Crippen LogP contribution < -0.4 is 10.6 Å². The smallest absolute Gasteiger partial charge is 0.229 e. The summed E-state index contributed by atoms with van der Waals surface area (Å²) in [6.45, 7) is 3.58. The van der Waals surface area contributed by atoms with Crippen LogP contribution in [0.1, 0.15) is 23.4 Å². The van der Waals surface area contributed by atoms with Crippen LogP contribution >= 0.6 is 11.8 Å². The number of furan rings is 1. The van der Waals surface area contributed by atoms with E-state index in [9.17, 15) is 0 Å². The Morgan fingerprint density at radius 3 is 2.87 bits per heavy atom. The van der Waals surface area contributed by atoms with Crippen LogP contribution in [-0.4, -0.2) is 52.0 Å². The topological polar surface area (TPSA) is 84.3 Å². The summed E-state index contributed by atoms with van der Waals surface area (Å²) in [5.41, 5.74) is 5.82. The van der Waals surface area contributed by atoms with Gasteiger partial charge in [-0.05, 0) is 19.1 Å². The number of nitrogens with zero attached hydrogens (tertiary/aromatic N) is 5. The molecule has 3 rings (SSSR count). The number of hydrogen-bond donors (Lipinski definition) is 1. The molecule has 23 heavy (non-hydrogen) atoms. The van der Waals surface area contributed by atoms with E-state index < -0.39 is 0 Å². The Morgan fingerprint density at radius 1 is 1.35 bits per heavy atom. The molecule has 2 aromatic rings. The summed E-state index contributed by atoms with van der Waals surface area (Å²) in [7, 11) is 3.79. The fourth-order valence-corrected chi connectivity index (χ4v) is 3.73. The molecule has 1 aliphatic rings. The Morgan fingerprint density at radius 2 is 2.17 bits per heavy atom. The molecule has 7 nitrogen and oxygen atoms in total. The zero-order valence-electron chi connectivity index (χ0n) is 13.7. The molecule has 1 saturated heterocycles. The van der Waals surface area contributed by atoms with E-state index in [0.29, 0.717) is 18.3 Å². The van der Waals surface area contributed by atoms with Gasteiger partial charge in [-0.2, -0.15) is 26.7 Å². The van der Waals surface area contributed by atoms with Crippen molar-refractivity contribution in [3.8, 4) is 0 Å². The summed E-state index contributed by atoms with van der Waals surface area (Å²) in [5.74, 6) is 5.59. The number of nitrogens with two attached hydrogens (primary N) is 1. The monoisotopic (exact) mass is 334 g/mol. The van der Waals surface area contributed by atoms with Gasteiger partial charge in [-0.1, -0.05) is 0 Å². The molecular formula is C15H22N6OS. The Bertz CT molecular complexity index is 674. The van der Waals surface area contributed by atoms with Gasteiger partial charge in [0.2, 0.25) is 11.9 Å². The van der Waals surface area contributed by atoms with Gasteiger partial charge in [0.25, 0.3) is 0 Å². The van der Waals surface area contributed by atoms with Gasteiger partial charge in [0, 0.05) is 32.1 Å². The lowest BCUT2D eigenvalue weighted by Gasteiger charge is -2.33. The van der Waals surface area contributed by atoms with Crippen molar-refractivity contribution in [1.29, 1.82) is 0 Å². The lowest BCUT2D eigenvalue weighted by atomic mass is 10.2.